The quantitative estimate of drug-likeness (QED) is 0.644. The summed E-state index contributed by atoms with van der Waals surface area (Å²) in [6.07, 6.45) is 1.59. The van der Waals surface area contributed by atoms with Crippen LogP contribution in [-0.4, -0.2) is 48.7 Å². The van der Waals surface area contributed by atoms with E-state index in [2.05, 4.69) is 44.0 Å². The lowest BCUT2D eigenvalue weighted by Crippen LogP contribution is -2.46. The molecule has 0 unspecified atom stereocenters. The van der Waals surface area contributed by atoms with Gasteiger partial charge in [0, 0.05) is 31.9 Å². The van der Waals surface area contributed by atoms with Crippen LogP contribution in [0, 0.1) is 6.92 Å². The molecule has 2 aromatic heterocycles. The maximum absolute atomic E-state index is 12.2. The van der Waals surface area contributed by atoms with Gasteiger partial charge in [-0.2, -0.15) is 0 Å². The Kier molecular flexibility index (Phi) is 4.94. The summed E-state index contributed by atoms with van der Waals surface area (Å²) in [6.45, 7) is 7.77. The van der Waals surface area contributed by atoms with Crippen molar-refractivity contribution in [2.45, 2.75) is 13.8 Å². The number of nitrogens with zero attached hydrogens (tertiary/aromatic N) is 4. The number of carbonyl (C=O) groups is 1. The van der Waals surface area contributed by atoms with Crippen LogP contribution in [0.3, 0.4) is 0 Å². The van der Waals surface area contributed by atoms with Gasteiger partial charge in [-0.05, 0) is 31.5 Å². The fourth-order valence-electron chi connectivity index (χ4n) is 3.50. The third-order valence-electron chi connectivity index (χ3n) is 4.87. The van der Waals surface area contributed by atoms with E-state index in [4.69, 9.17) is 4.74 Å². The van der Waals surface area contributed by atoms with Crippen molar-refractivity contribution >= 4 is 39.0 Å². The van der Waals surface area contributed by atoms with Gasteiger partial charge in [-0.15, -0.1) is 11.3 Å². The van der Waals surface area contributed by atoms with Crippen molar-refractivity contribution in [1.82, 2.24) is 9.97 Å². The number of fused-ring (bicyclic) bond motifs is 1. The Morgan fingerprint density at radius 3 is 2.52 bits per heavy atom. The van der Waals surface area contributed by atoms with Crippen molar-refractivity contribution in [3.8, 4) is 0 Å². The van der Waals surface area contributed by atoms with E-state index < -0.39 is 0 Å². The summed E-state index contributed by atoms with van der Waals surface area (Å²) in [5.74, 6) is 0.634. The number of anilines is 2. The Hall–Kier alpha value is -2.67. The topological polar surface area (TPSA) is 58.6 Å². The van der Waals surface area contributed by atoms with E-state index in [1.165, 1.54) is 17.0 Å². The van der Waals surface area contributed by atoms with Crippen molar-refractivity contribution < 1.29 is 9.53 Å². The molecule has 0 atom stereocenters. The number of ether oxygens (including phenoxy) is 1. The predicted molar refractivity (Wildman–Crippen MR) is 109 cm³/mol. The number of aryl methyl sites for hydroxylation is 1. The van der Waals surface area contributed by atoms with E-state index in [0.29, 0.717) is 11.5 Å². The molecular weight excluding hydrogens is 360 g/mol. The van der Waals surface area contributed by atoms with E-state index >= 15 is 0 Å². The number of piperazine rings is 1. The first-order valence-electron chi connectivity index (χ1n) is 9.15. The summed E-state index contributed by atoms with van der Waals surface area (Å²) < 4.78 is 5.19. The van der Waals surface area contributed by atoms with E-state index in [9.17, 15) is 4.79 Å². The zero-order chi connectivity index (χ0) is 18.8. The summed E-state index contributed by atoms with van der Waals surface area (Å²) in [4.78, 5) is 27.3. The van der Waals surface area contributed by atoms with E-state index in [-0.39, 0.29) is 5.97 Å². The van der Waals surface area contributed by atoms with E-state index in [1.54, 1.807) is 6.33 Å². The lowest BCUT2D eigenvalue weighted by Gasteiger charge is -2.37. The van der Waals surface area contributed by atoms with Crippen LogP contribution >= 0.6 is 11.3 Å². The smallest absolute Gasteiger partial charge is 0.348 e. The van der Waals surface area contributed by atoms with Crippen LogP contribution in [0.15, 0.2) is 36.7 Å². The number of hydrogen-bond acceptors (Lipinski definition) is 7. The fourth-order valence-corrected chi connectivity index (χ4v) is 4.54. The number of benzene rings is 1. The number of aromatic nitrogens is 2. The number of hydrogen-bond donors (Lipinski definition) is 0. The third kappa shape index (κ3) is 3.35. The Morgan fingerprint density at radius 1 is 1.11 bits per heavy atom. The molecular formula is C20H22N4O2S. The molecule has 3 heterocycles. The molecule has 1 saturated heterocycles. The molecule has 6 nitrogen and oxygen atoms in total. The number of para-hydroxylation sites is 1. The zero-order valence-electron chi connectivity index (χ0n) is 15.5. The van der Waals surface area contributed by atoms with Gasteiger partial charge in [0.15, 0.2) is 0 Å². The SMILES string of the molecule is CCOC(=O)c1sc2ncnc(N3CCN(c4ccccc4)CC3)c2c1C. The maximum Gasteiger partial charge on any atom is 0.348 e. The van der Waals surface area contributed by atoms with Crippen LogP contribution in [-0.2, 0) is 4.74 Å². The summed E-state index contributed by atoms with van der Waals surface area (Å²) in [7, 11) is 0. The minimum absolute atomic E-state index is 0.280. The van der Waals surface area contributed by atoms with Gasteiger partial charge in [0.25, 0.3) is 0 Å². The monoisotopic (exact) mass is 382 g/mol. The minimum Gasteiger partial charge on any atom is -0.462 e. The van der Waals surface area contributed by atoms with E-state index in [1.807, 2.05) is 19.9 Å². The Bertz CT molecular complexity index is 949. The molecule has 140 valence electrons. The van der Waals surface area contributed by atoms with Gasteiger partial charge in [-0.25, -0.2) is 14.8 Å². The van der Waals surface area contributed by atoms with Gasteiger partial charge >= 0.3 is 5.97 Å². The Morgan fingerprint density at radius 2 is 1.81 bits per heavy atom. The Labute approximate surface area is 162 Å². The zero-order valence-corrected chi connectivity index (χ0v) is 16.3. The molecule has 0 radical (unpaired) electrons. The average molecular weight is 382 g/mol. The summed E-state index contributed by atoms with van der Waals surface area (Å²) in [6, 6.07) is 10.5. The van der Waals surface area contributed by atoms with Crippen LogP contribution in [0.25, 0.3) is 10.2 Å². The lowest BCUT2D eigenvalue weighted by atomic mass is 10.1. The van der Waals surface area contributed by atoms with Gasteiger partial charge in [0.2, 0.25) is 0 Å². The molecule has 0 bridgehead atoms. The van der Waals surface area contributed by atoms with Crippen molar-refractivity contribution in [1.29, 1.82) is 0 Å². The molecule has 27 heavy (non-hydrogen) atoms. The van der Waals surface area contributed by atoms with Crippen LogP contribution in [0.2, 0.25) is 0 Å². The van der Waals surface area contributed by atoms with Gasteiger partial charge in [-0.1, -0.05) is 18.2 Å². The molecule has 3 aromatic rings. The van der Waals surface area contributed by atoms with Crippen molar-refractivity contribution in [2.24, 2.45) is 0 Å². The minimum atomic E-state index is -0.280. The summed E-state index contributed by atoms with van der Waals surface area (Å²) >= 11 is 1.38. The number of esters is 1. The Balaban J connectivity index is 1.60. The number of thiophene rings is 1. The lowest BCUT2D eigenvalue weighted by molar-refractivity contribution is 0.0531. The standard InChI is InChI=1S/C20H22N4O2S/c1-3-26-20(25)17-14(2)16-18(21-13-22-19(16)27-17)24-11-9-23(10-12-24)15-7-5-4-6-8-15/h4-8,13H,3,9-12H2,1-2H3. The van der Waals surface area contributed by atoms with Crippen LogP contribution < -0.4 is 9.80 Å². The highest BCUT2D eigenvalue weighted by molar-refractivity contribution is 7.20. The van der Waals surface area contributed by atoms with Crippen LogP contribution in [0.5, 0.6) is 0 Å². The molecule has 0 aliphatic carbocycles. The van der Waals surface area contributed by atoms with Crippen molar-refractivity contribution in [3.63, 3.8) is 0 Å². The largest absolute Gasteiger partial charge is 0.462 e. The van der Waals surface area contributed by atoms with Gasteiger partial charge < -0.3 is 14.5 Å². The fraction of sp³-hybridized carbons (Fsp3) is 0.350. The highest BCUT2D eigenvalue weighted by Gasteiger charge is 2.25. The third-order valence-corrected chi connectivity index (χ3v) is 6.05. The van der Waals surface area contributed by atoms with Gasteiger partial charge in [0.05, 0.1) is 12.0 Å². The molecule has 4 rings (SSSR count). The van der Waals surface area contributed by atoms with Gasteiger partial charge in [-0.3, -0.25) is 0 Å². The first kappa shape index (κ1) is 17.7. The molecule has 7 heteroatoms. The number of carbonyl (C=O) groups excluding carboxylic acids is 1. The normalized spacial score (nSPS) is 14.6. The molecule has 0 amide bonds. The average Bonchev–Trinajstić information content (AvgIpc) is 3.06. The van der Waals surface area contributed by atoms with Crippen LogP contribution in [0.1, 0.15) is 22.2 Å². The van der Waals surface area contributed by atoms with Crippen molar-refractivity contribution in [2.75, 3.05) is 42.6 Å². The molecule has 1 aromatic carbocycles. The number of rotatable bonds is 4. The highest BCUT2D eigenvalue weighted by atomic mass is 32.1. The van der Waals surface area contributed by atoms with E-state index in [0.717, 1.165) is 47.8 Å². The first-order chi connectivity index (χ1) is 13.2. The molecule has 0 N–H and O–H groups in total. The molecule has 0 saturated carbocycles. The second kappa shape index (κ2) is 7.52. The predicted octanol–water partition coefficient (Wildman–Crippen LogP) is 3.50. The summed E-state index contributed by atoms with van der Waals surface area (Å²) in [5.41, 5.74) is 2.16. The molecule has 1 aliphatic heterocycles. The molecule has 0 spiro atoms. The second-order valence-corrected chi connectivity index (χ2v) is 7.46. The molecule has 1 fully saturated rings. The second-order valence-electron chi connectivity index (χ2n) is 6.46. The first-order valence-corrected chi connectivity index (χ1v) is 9.97. The van der Waals surface area contributed by atoms with Crippen molar-refractivity contribution in [3.05, 3.63) is 47.1 Å². The van der Waals surface area contributed by atoms with Crippen LogP contribution in [0.4, 0.5) is 11.5 Å². The molecule has 1 aliphatic rings. The van der Waals surface area contributed by atoms with Gasteiger partial charge in [0.1, 0.15) is 21.9 Å². The highest BCUT2D eigenvalue weighted by Crippen LogP contribution is 2.35. The summed E-state index contributed by atoms with van der Waals surface area (Å²) in [5, 5.41) is 0.971. The maximum atomic E-state index is 12.2.